The van der Waals surface area contributed by atoms with Crippen LogP contribution in [0.25, 0.3) is 12.2 Å². The molecule has 0 amide bonds. The molecule has 0 aromatic heterocycles. The Labute approximate surface area is 367 Å². The molecule has 0 saturated carbocycles. The fraction of sp³-hybridized carbons (Fsp3) is 0.452. The zero-order valence-corrected chi connectivity index (χ0v) is 34.0. The maximum Gasteiger partial charge on any atom is 0.330 e. The number of phenols is 5. The SMILES string of the molecule is COc1cc(/C=C/C(=O)OC[C@H]2O[C@@H](OC[C@H]3O[C@@H](OC4=Cc5c(O)cc(O)cc5OC4c4ccc(O)c(O)c4)[C@H](O[C@@H]4OC[C@@H](O)[C@H](O)[C@H]4O)[C@@H](O)[C@H]3O)[C@H](O)[C@@H](O)[C@@H]2O)ccc1O. The van der Waals surface area contributed by atoms with E-state index >= 15 is 0 Å². The van der Waals surface area contributed by atoms with Crippen molar-refractivity contribution in [3.05, 3.63) is 77.1 Å². The summed E-state index contributed by atoms with van der Waals surface area (Å²) in [5.74, 6) is -3.08. The van der Waals surface area contributed by atoms with Crippen LogP contribution in [0.2, 0.25) is 0 Å². The van der Waals surface area contributed by atoms with Crippen LogP contribution in [-0.4, -0.2) is 185 Å². The molecule has 3 aromatic rings. The van der Waals surface area contributed by atoms with Gasteiger partial charge in [0.2, 0.25) is 6.29 Å². The fourth-order valence-electron chi connectivity index (χ4n) is 7.30. The molecule has 4 heterocycles. The van der Waals surface area contributed by atoms with Crippen molar-refractivity contribution < 1.29 is 114 Å². The third kappa shape index (κ3) is 10.3. The average molecular weight is 921 g/mol. The lowest BCUT2D eigenvalue weighted by Crippen LogP contribution is -2.64. The van der Waals surface area contributed by atoms with E-state index in [2.05, 4.69) is 0 Å². The molecule has 1 unspecified atom stereocenters. The number of methoxy groups -OCH3 is 1. The Hall–Kier alpha value is -5.51. The van der Waals surface area contributed by atoms with E-state index in [9.17, 15) is 71.2 Å². The molecule has 13 N–H and O–H groups in total. The lowest BCUT2D eigenvalue weighted by Gasteiger charge is -2.46. The van der Waals surface area contributed by atoms with Gasteiger partial charge in [-0.25, -0.2) is 4.79 Å². The van der Waals surface area contributed by atoms with Crippen LogP contribution in [0.3, 0.4) is 0 Å². The van der Waals surface area contributed by atoms with Gasteiger partial charge in [-0.3, -0.25) is 0 Å². The molecule has 65 heavy (non-hydrogen) atoms. The third-order valence-corrected chi connectivity index (χ3v) is 10.9. The Bertz CT molecular complexity index is 2220. The predicted molar refractivity (Wildman–Crippen MR) is 213 cm³/mol. The van der Waals surface area contributed by atoms with Crippen molar-refractivity contribution in [1.29, 1.82) is 0 Å². The van der Waals surface area contributed by atoms with E-state index < -0.39 is 135 Å². The molecule has 3 aromatic carbocycles. The van der Waals surface area contributed by atoms with E-state index in [4.69, 9.17) is 42.6 Å². The van der Waals surface area contributed by atoms with Gasteiger partial charge >= 0.3 is 5.97 Å². The van der Waals surface area contributed by atoms with E-state index in [1.165, 1.54) is 49.6 Å². The van der Waals surface area contributed by atoms with Crippen LogP contribution in [-0.2, 0) is 38.0 Å². The normalized spacial score (nSPS) is 33.7. The number of aliphatic hydroxyl groups excluding tert-OH is 8. The van der Waals surface area contributed by atoms with Crippen LogP contribution in [0.15, 0.2) is 60.4 Å². The number of aromatic hydroxyl groups is 5. The summed E-state index contributed by atoms with van der Waals surface area (Å²) in [6, 6.07) is 10.1. The van der Waals surface area contributed by atoms with Gasteiger partial charge in [0.1, 0.15) is 90.7 Å². The Morgan fingerprint density at radius 2 is 1.40 bits per heavy atom. The molecule has 0 radical (unpaired) electrons. The molecule has 0 spiro atoms. The second-order valence-electron chi connectivity index (χ2n) is 15.4. The first kappa shape index (κ1) is 47.5. The van der Waals surface area contributed by atoms with E-state index in [1.807, 2.05) is 0 Å². The molecular formula is C42H48O23. The van der Waals surface area contributed by atoms with Gasteiger partial charge in [-0.05, 0) is 42.0 Å². The van der Waals surface area contributed by atoms with E-state index in [-0.39, 0.29) is 39.9 Å². The highest BCUT2D eigenvalue weighted by molar-refractivity contribution is 5.87. The second kappa shape index (κ2) is 19.9. The summed E-state index contributed by atoms with van der Waals surface area (Å²) in [6.07, 6.45) is -22.9. The summed E-state index contributed by atoms with van der Waals surface area (Å²) in [7, 11) is 1.34. The number of ether oxygens (including phenoxy) is 9. The maximum atomic E-state index is 12.5. The largest absolute Gasteiger partial charge is 0.508 e. The Morgan fingerprint density at radius 3 is 2.14 bits per heavy atom. The zero-order valence-electron chi connectivity index (χ0n) is 34.0. The Kier molecular flexibility index (Phi) is 14.5. The van der Waals surface area contributed by atoms with E-state index in [0.29, 0.717) is 5.56 Å². The van der Waals surface area contributed by atoms with Crippen molar-refractivity contribution in [3.63, 3.8) is 0 Å². The number of esters is 1. The minimum absolute atomic E-state index is 0.0209. The highest BCUT2D eigenvalue weighted by Crippen LogP contribution is 2.46. The number of benzene rings is 3. The predicted octanol–water partition coefficient (Wildman–Crippen LogP) is -1.93. The molecule has 23 nitrogen and oxygen atoms in total. The quantitative estimate of drug-likeness (QED) is 0.0504. The number of aliphatic hydroxyl groups is 8. The molecule has 15 atom stereocenters. The minimum atomic E-state index is -2.02. The van der Waals surface area contributed by atoms with Crippen LogP contribution in [0.1, 0.15) is 22.8 Å². The maximum absolute atomic E-state index is 12.5. The lowest BCUT2D eigenvalue weighted by molar-refractivity contribution is -0.360. The zero-order chi connectivity index (χ0) is 46.9. The molecule has 0 bridgehead atoms. The van der Waals surface area contributed by atoms with Crippen molar-refractivity contribution >= 4 is 18.1 Å². The van der Waals surface area contributed by atoms with Crippen molar-refractivity contribution in [3.8, 4) is 40.2 Å². The number of phenolic OH excluding ortho intramolecular Hbond substituents is 5. The van der Waals surface area contributed by atoms with E-state index in [0.717, 1.165) is 24.3 Å². The topological polar surface area (TPSA) is 363 Å². The van der Waals surface area contributed by atoms with Crippen molar-refractivity contribution in [1.82, 2.24) is 0 Å². The summed E-state index contributed by atoms with van der Waals surface area (Å²) < 4.78 is 51.2. The van der Waals surface area contributed by atoms with Crippen LogP contribution in [0.5, 0.6) is 40.2 Å². The smallest absolute Gasteiger partial charge is 0.330 e. The van der Waals surface area contributed by atoms with Gasteiger partial charge in [-0.15, -0.1) is 0 Å². The summed E-state index contributed by atoms with van der Waals surface area (Å²) in [4.78, 5) is 12.5. The second-order valence-corrected chi connectivity index (χ2v) is 15.4. The highest BCUT2D eigenvalue weighted by Gasteiger charge is 2.52. The first-order chi connectivity index (χ1) is 30.9. The van der Waals surface area contributed by atoms with Gasteiger partial charge < -0.3 is 109 Å². The Morgan fingerprint density at radius 1 is 0.708 bits per heavy atom. The first-order valence-electron chi connectivity index (χ1n) is 19.9. The molecule has 3 saturated heterocycles. The third-order valence-electron chi connectivity index (χ3n) is 10.9. The van der Waals surface area contributed by atoms with Gasteiger partial charge in [-0.2, -0.15) is 0 Å². The minimum Gasteiger partial charge on any atom is -0.508 e. The van der Waals surface area contributed by atoms with Gasteiger partial charge in [0.25, 0.3) is 0 Å². The lowest BCUT2D eigenvalue weighted by atomic mass is 9.97. The highest BCUT2D eigenvalue weighted by atomic mass is 16.8. The van der Waals surface area contributed by atoms with Gasteiger partial charge in [0, 0.05) is 23.8 Å². The van der Waals surface area contributed by atoms with Crippen molar-refractivity contribution in [2.24, 2.45) is 0 Å². The van der Waals surface area contributed by atoms with Crippen LogP contribution >= 0.6 is 0 Å². The first-order valence-corrected chi connectivity index (χ1v) is 19.9. The summed E-state index contributed by atoms with van der Waals surface area (Å²) in [6.45, 7) is -1.94. The number of carbonyl (C=O) groups is 1. The standard InChI is InChI=1S/C42H48O23/c1-57-26-8-16(2-5-21(26)45)3-7-30(49)58-14-28-32(51)34(53)37(56)40(63-28)60-15-29-33(52)35(54)39(65-41-36(55)31(50)24(48)13-59-41)42(64-29)62-27-12-19-22(46)10-18(43)11-25(19)61-38(27)17-4-6-20(44)23(47)9-17/h2-12,24,28-29,31-48,50-56H,13-15H2,1H3/b7-3+/t24-,28-,29-,31+,32-,33+,34+,35+,36-,37-,38?,39-,40-,41+,42-/m1/s1. The summed E-state index contributed by atoms with van der Waals surface area (Å²) >= 11 is 0. The number of carbonyl (C=O) groups excluding carboxylic acids is 1. The molecule has 4 aliphatic heterocycles. The van der Waals surface area contributed by atoms with Crippen LogP contribution < -0.4 is 9.47 Å². The molecule has 4 aliphatic rings. The Balaban J connectivity index is 1.10. The fourth-order valence-corrected chi connectivity index (χ4v) is 7.30. The van der Waals surface area contributed by atoms with Crippen LogP contribution in [0, 0.1) is 0 Å². The monoisotopic (exact) mass is 920 g/mol. The van der Waals surface area contributed by atoms with Crippen LogP contribution in [0.4, 0.5) is 0 Å². The van der Waals surface area contributed by atoms with E-state index in [1.54, 1.807) is 0 Å². The molecule has 354 valence electrons. The average Bonchev–Trinajstić information content (AvgIpc) is 3.28. The van der Waals surface area contributed by atoms with Gasteiger partial charge in [0.15, 0.2) is 47.8 Å². The van der Waals surface area contributed by atoms with Gasteiger partial charge in [-0.1, -0.05) is 12.1 Å². The molecule has 23 heteroatoms. The number of rotatable bonds is 13. The van der Waals surface area contributed by atoms with Crippen molar-refractivity contribution in [2.45, 2.75) is 92.1 Å². The van der Waals surface area contributed by atoms with Crippen molar-refractivity contribution in [2.75, 3.05) is 26.9 Å². The number of hydrogen-bond donors (Lipinski definition) is 13. The summed E-state index contributed by atoms with van der Waals surface area (Å²) in [5.41, 5.74) is 0.577. The molecule has 7 rings (SSSR count). The molecule has 0 aliphatic carbocycles. The van der Waals surface area contributed by atoms with Gasteiger partial charge in [0.05, 0.1) is 25.9 Å². The number of hydrogen-bond acceptors (Lipinski definition) is 23. The number of fused-ring (bicyclic) bond motifs is 1. The molecular weight excluding hydrogens is 872 g/mol. The summed E-state index contributed by atoms with van der Waals surface area (Å²) in [5, 5.41) is 137. The molecule has 3 fully saturated rings.